The third-order valence-electron chi connectivity index (χ3n) is 4.57. The van der Waals surface area contributed by atoms with E-state index in [0.29, 0.717) is 39.3 Å². The van der Waals surface area contributed by atoms with E-state index in [1.165, 1.54) is 0 Å². The molecule has 2 fully saturated rings. The lowest BCUT2D eigenvalue weighted by molar-refractivity contribution is -0.131. The SMILES string of the molecule is O=C(NCCOc1ccccc1)C1CC(=O)N(C2CCOCC2)C1. The number of benzene rings is 1. The van der Waals surface area contributed by atoms with Gasteiger partial charge in [-0.2, -0.15) is 0 Å². The molecule has 2 heterocycles. The molecule has 0 aromatic heterocycles. The lowest BCUT2D eigenvalue weighted by Gasteiger charge is -2.31. The summed E-state index contributed by atoms with van der Waals surface area (Å²) in [6, 6.07) is 9.72. The normalized spacial score (nSPS) is 21.8. The van der Waals surface area contributed by atoms with E-state index in [1.54, 1.807) is 0 Å². The van der Waals surface area contributed by atoms with E-state index in [0.717, 1.165) is 18.6 Å². The molecule has 1 aromatic rings. The summed E-state index contributed by atoms with van der Waals surface area (Å²) in [5, 5.41) is 2.87. The first-order valence-corrected chi connectivity index (χ1v) is 8.57. The van der Waals surface area contributed by atoms with Crippen LogP contribution in [0.2, 0.25) is 0 Å². The quantitative estimate of drug-likeness (QED) is 0.795. The molecule has 6 heteroatoms. The number of nitrogens with one attached hydrogen (secondary N) is 1. The van der Waals surface area contributed by atoms with E-state index in [4.69, 9.17) is 9.47 Å². The van der Waals surface area contributed by atoms with Crippen LogP contribution in [-0.2, 0) is 14.3 Å². The Morgan fingerprint density at radius 2 is 2.00 bits per heavy atom. The molecule has 0 bridgehead atoms. The van der Waals surface area contributed by atoms with Gasteiger partial charge in [-0.3, -0.25) is 9.59 Å². The van der Waals surface area contributed by atoms with Gasteiger partial charge in [0.05, 0.1) is 12.5 Å². The van der Waals surface area contributed by atoms with Crippen LogP contribution in [0.3, 0.4) is 0 Å². The van der Waals surface area contributed by atoms with Crippen LogP contribution in [0.4, 0.5) is 0 Å². The van der Waals surface area contributed by atoms with Gasteiger partial charge in [-0.15, -0.1) is 0 Å². The van der Waals surface area contributed by atoms with E-state index in [9.17, 15) is 9.59 Å². The topological polar surface area (TPSA) is 67.9 Å². The van der Waals surface area contributed by atoms with Crippen molar-refractivity contribution in [3.8, 4) is 5.75 Å². The molecule has 1 aromatic carbocycles. The highest BCUT2D eigenvalue weighted by Gasteiger charge is 2.38. The highest BCUT2D eigenvalue weighted by Crippen LogP contribution is 2.24. The first-order chi connectivity index (χ1) is 11.7. The average Bonchev–Trinajstić information content (AvgIpc) is 3.02. The third kappa shape index (κ3) is 4.26. The molecule has 0 saturated carbocycles. The Bertz CT molecular complexity index is 557. The number of carbonyl (C=O) groups is 2. The monoisotopic (exact) mass is 332 g/mol. The molecule has 2 saturated heterocycles. The van der Waals surface area contributed by atoms with E-state index < -0.39 is 0 Å². The molecule has 130 valence electrons. The number of amides is 2. The Hall–Kier alpha value is -2.08. The number of likely N-dealkylation sites (tertiary alicyclic amines) is 1. The van der Waals surface area contributed by atoms with Crippen molar-refractivity contribution in [2.45, 2.75) is 25.3 Å². The Morgan fingerprint density at radius 3 is 2.75 bits per heavy atom. The highest BCUT2D eigenvalue weighted by molar-refractivity contribution is 5.89. The zero-order valence-corrected chi connectivity index (χ0v) is 13.8. The number of hydrogen-bond donors (Lipinski definition) is 1. The van der Waals surface area contributed by atoms with E-state index in [2.05, 4.69) is 5.32 Å². The van der Waals surface area contributed by atoms with E-state index >= 15 is 0 Å². The number of para-hydroxylation sites is 1. The third-order valence-corrected chi connectivity index (χ3v) is 4.57. The smallest absolute Gasteiger partial charge is 0.225 e. The fourth-order valence-electron chi connectivity index (χ4n) is 3.26. The predicted molar refractivity (Wildman–Crippen MR) is 88.6 cm³/mol. The predicted octanol–water partition coefficient (Wildman–Crippen LogP) is 1.21. The lowest BCUT2D eigenvalue weighted by Crippen LogP contribution is -2.41. The van der Waals surface area contributed by atoms with Crippen LogP contribution >= 0.6 is 0 Å². The second-order valence-electron chi connectivity index (χ2n) is 6.24. The lowest BCUT2D eigenvalue weighted by atomic mass is 10.1. The van der Waals surface area contributed by atoms with Crippen LogP contribution < -0.4 is 10.1 Å². The fraction of sp³-hybridized carbons (Fsp3) is 0.556. The van der Waals surface area contributed by atoms with Crippen LogP contribution in [0.25, 0.3) is 0 Å². The van der Waals surface area contributed by atoms with E-state index in [1.807, 2.05) is 35.2 Å². The van der Waals surface area contributed by atoms with Crippen molar-refractivity contribution >= 4 is 11.8 Å². The summed E-state index contributed by atoms with van der Waals surface area (Å²) in [4.78, 5) is 26.3. The summed E-state index contributed by atoms with van der Waals surface area (Å²) in [6.07, 6.45) is 2.04. The summed E-state index contributed by atoms with van der Waals surface area (Å²) in [7, 11) is 0. The largest absolute Gasteiger partial charge is 0.492 e. The van der Waals surface area contributed by atoms with Crippen molar-refractivity contribution in [3.63, 3.8) is 0 Å². The van der Waals surface area contributed by atoms with E-state index in [-0.39, 0.29) is 23.8 Å². The van der Waals surface area contributed by atoms with Gasteiger partial charge in [0, 0.05) is 32.2 Å². The minimum atomic E-state index is -0.253. The molecular formula is C18H24N2O4. The maximum Gasteiger partial charge on any atom is 0.225 e. The van der Waals surface area contributed by atoms with Crippen molar-refractivity contribution in [1.29, 1.82) is 0 Å². The van der Waals surface area contributed by atoms with Crippen LogP contribution in [-0.4, -0.2) is 55.7 Å². The standard InChI is InChI=1S/C18H24N2O4/c21-17-12-14(13-20(17)15-6-9-23-10-7-15)18(22)19-8-11-24-16-4-2-1-3-5-16/h1-5,14-15H,6-13H2,(H,19,22). The van der Waals surface area contributed by atoms with Crippen molar-refractivity contribution in [2.75, 3.05) is 32.9 Å². The minimum absolute atomic E-state index is 0.0606. The minimum Gasteiger partial charge on any atom is -0.492 e. The Kier molecular flexibility index (Phi) is 5.69. The molecule has 2 aliphatic rings. The summed E-state index contributed by atoms with van der Waals surface area (Å²) in [5.74, 6) is 0.558. The van der Waals surface area contributed by atoms with Gasteiger partial charge in [0.25, 0.3) is 0 Å². The van der Waals surface area contributed by atoms with Crippen LogP contribution in [0.5, 0.6) is 5.75 Å². The van der Waals surface area contributed by atoms with Gasteiger partial charge >= 0.3 is 0 Å². The molecule has 1 unspecified atom stereocenters. The zero-order chi connectivity index (χ0) is 16.8. The van der Waals surface area contributed by atoms with Gasteiger partial charge in [-0.1, -0.05) is 18.2 Å². The Balaban J connectivity index is 1.40. The maximum atomic E-state index is 12.3. The molecule has 3 rings (SSSR count). The van der Waals surface area contributed by atoms with Gasteiger partial charge in [0.1, 0.15) is 12.4 Å². The summed E-state index contributed by atoms with van der Waals surface area (Å²) in [5.41, 5.74) is 0. The first kappa shape index (κ1) is 16.8. The fourth-order valence-corrected chi connectivity index (χ4v) is 3.26. The zero-order valence-electron chi connectivity index (χ0n) is 13.8. The Morgan fingerprint density at radius 1 is 1.25 bits per heavy atom. The van der Waals surface area contributed by atoms with Gasteiger partial charge in [-0.25, -0.2) is 0 Å². The van der Waals surface area contributed by atoms with Crippen LogP contribution in [0, 0.1) is 5.92 Å². The number of carbonyl (C=O) groups excluding carboxylic acids is 2. The van der Waals surface area contributed by atoms with Crippen molar-refractivity contribution in [3.05, 3.63) is 30.3 Å². The molecule has 1 N–H and O–H groups in total. The first-order valence-electron chi connectivity index (χ1n) is 8.57. The number of rotatable bonds is 6. The Labute approximate surface area is 142 Å². The summed E-state index contributed by atoms with van der Waals surface area (Å²) < 4.78 is 10.9. The summed E-state index contributed by atoms with van der Waals surface area (Å²) >= 11 is 0. The molecular weight excluding hydrogens is 308 g/mol. The molecule has 2 aliphatic heterocycles. The average molecular weight is 332 g/mol. The van der Waals surface area contributed by atoms with Gasteiger partial charge in [-0.05, 0) is 25.0 Å². The van der Waals surface area contributed by atoms with Gasteiger partial charge in [0.2, 0.25) is 11.8 Å². The number of hydrogen-bond acceptors (Lipinski definition) is 4. The second kappa shape index (κ2) is 8.15. The van der Waals surface area contributed by atoms with Crippen molar-refractivity contribution in [1.82, 2.24) is 10.2 Å². The molecule has 2 amide bonds. The van der Waals surface area contributed by atoms with Crippen molar-refractivity contribution in [2.24, 2.45) is 5.92 Å². The summed E-state index contributed by atoms with van der Waals surface area (Å²) in [6.45, 7) is 2.77. The molecule has 24 heavy (non-hydrogen) atoms. The molecule has 0 spiro atoms. The van der Waals surface area contributed by atoms with Crippen LogP contribution in [0.1, 0.15) is 19.3 Å². The van der Waals surface area contributed by atoms with Crippen LogP contribution in [0.15, 0.2) is 30.3 Å². The number of nitrogens with zero attached hydrogens (tertiary/aromatic N) is 1. The molecule has 1 atom stereocenters. The molecule has 0 aliphatic carbocycles. The van der Waals surface area contributed by atoms with Gasteiger partial charge in [0.15, 0.2) is 0 Å². The maximum absolute atomic E-state index is 12.3. The van der Waals surface area contributed by atoms with Crippen molar-refractivity contribution < 1.29 is 19.1 Å². The highest BCUT2D eigenvalue weighted by atomic mass is 16.5. The van der Waals surface area contributed by atoms with Gasteiger partial charge < -0.3 is 19.7 Å². The molecule has 6 nitrogen and oxygen atoms in total. The number of ether oxygens (including phenoxy) is 2. The second-order valence-corrected chi connectivity index (χ2v) is 6.24. The molecule has 0 radical (unpaired) electrons.